The Kier molecular flexibility index (Phi) is 4.67. The van der Waals surface area contributed by atoms with Crippen molar-refractivity contribution in [2.45, 2.75) is 39.7 Å². The van der Waals surface area contributed by atoms with E-state index in [0.717, 1.165) is 22.8 Å². The zero-order chi connectivity index (χ0) is 15.6. The van der Waals surface area contributed by atoms with Crippen LogP contribution in [0.15, 0.2) is 34.9 Å². The lowest BCUT2D eigenvalue weighted by Crippen LogP contribution is -2.22. The monoisotopic (exact) mass is 347 g/mol. The molecule has 0 saturated heterocycles. The Labute approximate surface area is 135 Å². The van der Waals surface area contributed by atoms with Crippen LogP contribution in [-0.4, -0.2) is 17.0 Å². The Morgan fingerprint density at radius 3 is 2.43 bits per heavy atom. The first-order chi connectivity index (χ1) is 9.77. The standard InChI is InChI=1S/C17H22BrN3/c1-12-8-6-7-9-13(12)11-21(5)15-10-14(18)19-16(20-15)17(2,3)4/h6-10H,11H2,1-5H3. The molecule has 1 aromatic heterocycles. The van der Waals surface area contributed by atoms with E-state index in [-0.39, 0.29) is 5.41 Å². The highest BCUT2D eigenvalue weighted by atomic mass is 79.9. The van der Waals surface area contributed by atoms with Crippen LogP contribution in [0.3, 0.4) is 0 Å². The number of aryl methyl sites for hydroxylation is 1. The third-order valence-electron chi connectivity index (χ3n) is 3.41. The molecule has 2 aromatic rings. The van der Waals surface area contributed by atoms with Gasteiger partial charge in [0.05, 0.1) is 0 Å². The molecule has 0 aliphatic heterocycles. The van der Waals surface area contributed by atoms with E-state index in [0.29, 0.717) is 0 Å². The van der Waals surface area contributed by atoms with Gasteiger partial charge < -0.3 is 4.90 Å². The molecule has 0 atom stereocenters. The van der Waals surface area contributed by atoms with E-state index >= 15 is 0 Å². The molecule has 112 valence electrons. The van der Waals surface area contributed by atoms with Crippen LogP contribution in [0.2, 0.25) is 0 Å². The summed E-state index contributed by atoms with van der Waals surface area (Å²) in [4.78, 5) is 11.4. The number of anilines is 1. The molecule has 0 bridgehead atoms. The van der Waals surface area contributed by atoms with Gasteiger partial charge in [-0.05, 0) is 34.0 Å². The number of hydrogen-bond donors (Lipinski definition) is 0. The van der Waals surface area contributed by atoms with Crippen molar-refractivity contribution in [3.05, 3.63) is 51.9 Å². The van der Waals surface area contributed by atoms with Gasteiger partial charge in [0.15, 0.2) is 0 Å². The summed E-state index contributed by atoms with van der Waals surface area (Å²) in [5.74, 6) is 1.79. The van der Waals surface area contributed by atoms with Gasteiger partial charge in [0.2, 0.25) is 0 Å². The Bertz CT molecular complexity index is 632. The first-order valence-electron chi connectivity index (χ1n) is 7.08. The largest absolute Gasteiger partial charge is 0.355 e. The van der Waals surface area contributed by atoms with Crippen molar-refractivity contribution in [3.8, 4) is 0 Å². The average Bonchev–Trinajstić information content (AvgIpc) is 2.39. The van der Waals surface area contributed by atoms with Gasteiger partial charge in [0, 0.05) is 25.1 Å². The van der Waals surface area contributed by atoms with Crippen LogP contribution in [0.4, 0.5) is 5.82 Å². The quantitative estimate of drug-likeness (QED) is 0.766. The fourth-order valence-corrected chi connectivity index (χ4v) is 2.43. The molecular formula is C17H22BrN3. The molecule has 2 rings (SSSR count). The molecule has 0 spiro atoms. The third kappa shape index (κ3) is 4.03. The lowest BCUT2D eigenvalue weighted by molar-refractivity contribution is 0.542. The lowest BCUT2D eigenvalue weighted by Gasteiger charge is -2.23. The summed E-state index contributed by atoms with van der Waals surface area (Å²) >= 11 is 3.50. The maximum atomic E-state index is 4.72. The molecule has 4 heteroatoms. The molecule has 1 heterocycles. The molecule has 0 fully saturated rings. The Balaban J connectivity index is 2.29. The summed E-state index contributed by atoms with van der Waals surface area (Å²) in [6.45, 7) is 9.35. The van der Waals surface area contributed by atoms with Gasteiger partial charge in [-0.3, -0.25) is 0 Å². The summed E-state index contributed by atoms with van der Waals surface area (Å²) in [7, 11) is 2.06. The topological polar surface area (TPSA) is 29.0 Å². The first-order valence-corrected chi connectivity index (χ1v) is 7.87. The highest BCUT2D eigenvalue weighted by molar-refractivity contribution is 9.10. The maximum absolute atomic E-state index is 4.72. The zero-order valence-electron chi connectivity index (χ0n) is 13.3. The highest BCUT2D eigenvalue weighted by Crippen LogP contribution is 2.24. The molecule has 0 aliphatic rings. The van der Waals surface area contributed by atoms with E-state index in [4.69, 9.17) is 4.98 Å². The molecule has 0 saturated carbocycles. The van der Waals surface area contributed by atoms with E-state index in [1.807, 2.05) is 6.07 Å². The highest BCUT2D eigenvalue weighted by Gasteiger charge is 2.19. The molecule has 21 heavy (non-hydrogen) atoms. The fourth-order valence-electron chi connectivity index (χ4n) is 2.06. The number of nitrogens with zero attached hydrogens (tertiary/aromatic N) is 3. The van der Waals surface area contributed by atoms with Gasteiger partial charge in [-0.2, -0.15) is 0 Å². The van der Waals surface area contributed by atoms with Gasteiger partial charge in [0.1, 0.15) is 16.2 Å². The summed E-state index contributed by atoms with van der Waals surface area (Å²) in [6, 6.07) is 10.4. The van der Waals surface area contributed by atoms with Crippen LogP contribution in [-0.2, 0) is 12.0 Å². The predicted molar refractivity (Wildman–Crippen MR) is 91.7 cm³/mol. The molecule has 0 radical (unpaired) electrons. The van der Waals surface area contributed by atoms with Crippen LogP contribution in [0.1, 0.15) is 37.7 Å². The van der Waals surface area contributed by atoms with Crippen molar-refractivity contribution in [3.63, 3.8) is 0 Å². The second-order valence-corrected chi connectivity index (χ2v) is 7.22. The molecule has 0 amide bonds. The van der Waals surface area contributed by atoms with Gasteiger partial charge in [-0.25, -0.2) is 9.97 Å². The van der Waals surface area contributed by atoms with Gasteiger partial charge in [-0.15, -0.1) is 0 Å². The van der Waals surface area contributed by atoms with Crippen molar-refractivity contribution in [2.75, 3.05) is 11.9 Å². The molecule has 3 nitrogen and oxygen atoms in total. The summed E-state index contributed by atoms with van der Waals surface area (Å²) in [5.41, 5.74) is 2.54. The maximum Gasteiger partial charge on any atom is 0.137 e. The van der Waals surface area contributed by atoms with Crippen LogP contribution >= 0.6 is 15.9 Å². The molecule has 0 unspecified atom stereocenters. The fraction of sp³-hybridized carbons (Fsp3) is 0.412. The molecule has 1 aromatic carbocycles. The Morgan fingerprint density at radius 1 is 1.14 bits per heavy atom. The Morgan fingerprint density at radius 2 is 1.81 bits per heavy atom. The number of benzene rings is 1. The smallest absolute Gasteiger partial charge is 0.137 e. The van der Waals surface area contributed by atoms with Gasteiger partial charge >= 0.3 is 0 Å². The predicted octanol–water partition coefficient (Wildman–Crippen LogP) is 4.48. The minimum Gasteiger partial charge on any atom is -0.355 e. The minimum atomic E-state index is -0.0674. The van der Waals surface area contributed by atoms with E-state index in [1.165, 1.54) is 11.1 Å². The van der Waals surface area contributed by atoms with Crippen molar-refractivity contribution in [1.29, 1.82) is 0 Å². The van der Waals surface area contributed by atoms with E-state index in [9.17, 15) is 0 Å². The van der Waals surface area contributed by atoms with Crippen molar-refractivity contribution < 1.29 is 0 Å². The van der Waals surface area contributed by atoms with Crippen molar-refractivity contribution in [1.82, 2.24) is 9.97 Å². The summed E-state index contributed by atoms with van der Waals surface area (Å²) in [6.07, 6.45) is 0. The van der Waals surface area contributed by atoms with Gasteiger partial charge in [-0.1, -0.05) is 45.0 Å². The van der Waals surface area contributed by atoms with E-state index < -0.39 is 0 Å². The molecular weight excluding hydrogens is 326 g/mol. The van der Waals surface area contributed by atoms with E-state index in [2.05, 4.69) is 84.8 Å². The third-order valence-corrected chi connectivity index (χ3v) is 3.82. The van der Waals surface area contributed by atoms with E-state index in [1.54, 1.807) is 0 Å². The van der Waals surface area contributed by atoms with Crippen molar-refractivity contribution >= 4 is 21.7 Å². The normalized spacial score (nSPS) is 11.5. The lowest BCUT2D eigenvalue weighted by atomic mass is 9.96. The summed E-state index contributed by atoms with van der Waals surface area (Å²) in [5, 5.41) is 0. The SMILES string of the molecule is Cc1ccccc1CN(C)c1cc(Br)nc(C(C)(C)C)n1. The minimum absolute atomic E-state index is 0.0674. The van der Waals surface area contributed by atoms with Crippen LogP contribution < -0.4 is 4.90 Å². The first kappa shape index (κ1) is 16.0. The van der Waals surface area contributed by atoms with Crippen molar-refractivity contribution in [2.24, 2.45) is 0 Å². The van der Waals surface area contributed by atoms with Crippen LogP contribution in [0.25, 0.3) is 0 Å². The second-order valence-electron chi connectivity index (χ2n) is 6.41. The zero-order valence-corrected chi connectivity index (χ0v) is 14.9. The Hall–Kier alpha value is -1.42. The molecule has 0 N–H and O–H groups in total. The molecule has 0 aliphatic carbocycles. The van der Waals surface area contributed by atoms with Crippen LogP contribution in [0, 0.1) is 6.92 Å². The number of halogens is 1. The van der Waals surface area contributed by atoms with Gasteiger partial charge in [0.25, 0.3) is 0 Å². The summed E-state index contributed by atoms with van der Waals surface area (Å²) < 4.78 is 0.828. The number of aromatic nitrogens is 2. The average molecular weight is 348 g/mol. The number of hydrogen-bond acceptors (Lipinski definition) is 3. The van der Waals surface area contributed by atoms with Crippen LogP contribution in [0.5, 0.6) is 0 Å². The second kappa shape index (κ2) is 6.14. The number of rotatable bonds is 3.